The molecule has 1 aliphatic rings. The van der Waals surface area contributed by atoms with E-state index in [1.807, 2.05) is 6.92 Å². The summed E-state index contributed by atoms with van der Waals surface area (Å²) in [6, 6.07) is 3.81. The van der Waals surface area contributed by atoms with Crippen LogP contribution in [0.15, 0.2) is 23.1 Å². The summed E-state index contributed by atoms with van der Waals surface area (Å²) in [6.45, 7) is 2.01. The fraction of sp³-hybridized carbons (Fsp3) is 0.538. The molecule has 3 N–H and O–H groups in total. The Morgan fingerprint density at radius 2 is 2.16 bits per heavy atom. The Kier molecular flexibility index (Phi) is 4.23. The summed E-state index contributed by atoms with van der Waals surface area (Å²) >= 11 is 0. The van der Waals surface area contributed by atoms with E-state index in [2.05, 4.69) is 4.72 Å². The predicted molar refractivity (Wildman–Crippen MR) is 71.4 cm³/mol. The molecule has 106 valence electrons. The third kappa shape index (κ3) is 3.13. The number of halogens is 1. The van der Waals surface area contributed by atoms with Gasteiger partial charge in [0.15, 0.2) is 0 Å². The van der Waals surface area contributed by atoms with Crippen LogP contribution in [0.5, 0.6) is 0 Å². The number of benzene rings is 1. The van der Waals surface area contributed by atoms with Crippen LogP contribution in [-0.4, -0.2) is 14.5 Å². The predicted octanol–water partition coefficient (Wildman–Crippen LogP) is 1.75. The molecule has 0 amide bonds. The average molecular weight is 286 g/mol. The molecule has 1 aromatic carbocycles. The van der Waals surface area contributed by atoms with E-state index in [0.29, 0.717) is 11.5 Å². The van der Waals surface area contributed by atoms with Crippen molar-refractivity contribution < 1.29 is 12.8 Å². The molecule has 1 atom stereocenters. The van der Waals surface area contributed by atoms with Crippen LogP contribution in [0.4, 0.5) is 4.39 Å². The number of nitrogens with one attached hydrogen (secondary N) is 1. The fourth-order valence-corrected chi connectivity index (χ4v) is 3.61. The lowest BCUT2D eigenvalue weighted by Crippen LogP contribution is -2.40. The summed E-state index contributed by atoms with van der Waals surface area (Å²) in [6.07, 6.45) is 3.19. The van der Waals surface area contributed by atoms with Gasteiger partial charge in [-0.25, -0.2) is 17.5 Å². The Bertz CT molecular complexity index is 556. The highest BCUT2D eigenvalue weighted by atomic mass is 32.2. The van der Waals surface area contributed by atoms with E-state index < -0.39 is 15.8 Å². The first kappa shape index (κ1) is 14.4. The van der Waals surface area contributed by atoms with Crippen LogP contribution in [0.1, 0.15) is 31.7 Å². The molecule has 6 heteroatoms. The van der Waals surface area contributed by atoms with Crippen molar-refractivity contribution in [2.45, 2.75) is 43.7 Å². The lowest BCUT2D eigenvalue weighted by molar-refractivity contribution is 0.260. The number of sulfonamides is 1. The number of hydrogen-bond acceptors (Lipinski definition) is 3. The molecule has 1 unspecified atom stereocenters. The van der Waals surface area contributed by atoms with Crippen LogP contribution in [0, 0.1) is 11.7 Å². The molecule has 0 heterocycles. The van der Waals surface area contributed by atoms with Gasteiger partial charge in [-0.15, -0.1) is 0 Å². The van der Waals surface area contributed by atoms with Crippen LogP contribution in [-0.2, 0) is 16.6 Å². The van der Waals surface area contributed by atoms with E-state index in [9.17, 15) is 12.8 Å². The lowest BCUT2D eigenvalue weighted by atomic mass is 9.81. The Balaban J connectivity index is 2.18. The standard InChI is InChI=1S/C13H19FN2O2S/c1-9(11-3-2-4-11)16-19(17,18)13-6-5-10(8-15)7-12(13)14/h5-7,9,11,16H,2-4,8,15H2,1H3. The van der Waals surface area contributed by atoms with E-state index >= 15 is 0 Å². The summed E-state index contributed by atoms with van der Waals surface area (Å²) in [7, 11) is -3.80. The topological polar surface area (TPSA) is 72.2 Å². The molecule has 19 heavy (non-hydrogen) atoms. The SMILES string of the molecule is CC(NS(=O)(=O)c1ccc(CN)cc1F)C1CCC1. The molecule has 1 saturated carbocycles. The zero-order valence-corrected chi connectivity index (χ0v) is 11.7. The van der Waals surface area contributed by atoms with E-state index in [4.69, 9.17) is 5.73 Å². The molecule has 0 aromatic heterocycles. The Morgan fingerprint density at radius 3 is 2.63 bits per heavy atom. The zero-order chi connectivity index (χ0) is 14.0. The summed E-state index contributed by atoms with van der Waals surface area (Å²) in [5, 5.41) is 0. The van der Waals surface area contributed by atoms with Crippen LogP contribution in [0.2, 0.25) is 0 Å². The van der Waals surface area contributed by atoms with Crippen molar-refractivity contribution >= 4 is 10.0 Å². The van der Waals surface area contributed by atoms with Crippen molar-refractivity contribution in [1.82, 2.24) is 4.72 Å². The number of rotatable bonds is 5. The molecule has 4 nitrogen and oxygen atoms in total. The largest absolute Gasteiger partial charge is 0.326 e. The van der Waals surface area contributed by atoms with Crippen LogP contribution in [0.25, 0.3) is 0 Å². The number of nitrogens with two attached hydrogens (primary N) is 1. The Labute approximate surface area is 113 Å². The van der Waals surface area contributed by atoms with Crippen LogP contribution in [0.3, 0.4) is 0 Å². The zero-order valence-electron chi connectivity index (χ0n) is 10.9. The molecule has 2 rings (SSSR count). The normalized spacial score (nSPS) is 18.1. The Hall–Kier alpha value is -0.980. The van der Waals surface area contributed by atoms with Crippen LogP contribution >= 0.6 is 0 Å². The number of hydrogen-bond donors (Lipinski definition) is 2. The quantitative estimate of drug-likeness (QED) is 0.866. The van der Waals surface area contributed by atoms with Gasteiger partial charge >= 0.3 is 0 Å². The molecule has 0 aliphatic heterocycles. The summed E-state index contributed by atoms with van der Waals surface area (Å²) in [5.41, 5.74) is 5.96. The molecule has 0 bridgehead atoms. The smallest absolute Gasteiger partial charge is 0.243 e. The summed E-state index contributed by atoms with van der Waals surface area (Å²) in [5.74, 6) is -0.391. The minimum absolute atomic E-state index is 0.160. The van der Waals surface area contributed by atoms with Gasteiger partial charge in [-0.1, -0.05) is 12.5 Å². The molecule has 0 saturated heterocycles. The maximum absolute atomic E-state index is 13.8. The molecule has 1 aromatic rings. The van der Waals surface area contributed by atoms with Crippen molar-refractivity contribution in [3.05, 3.63) is 29.6 Å². The van der Waals surface area contributed by atoms with Gasteiger partial charge in [-0.2, -0.15) is 0 Å². The van der Waals surface area contributed by atoms with Gasteiger partial charge in [0.1, 0.15) is 10.7 Å². The van der Waals surface area contributed by atoms with Crippen molar-refractivity contribution in [1.29, 1.82) is 0 Å². The van der Waals surface area contributed by atoms with E-state index in [1.165, 1.54) is 18.2 Å². The minimum Gasteiger partial charge on any atom is -0.326 e. The molecule has 0 spiro atoms. The van der Waals surface area contributed by atoms with Gasteiger partial charge in [-0.05, 0) is 43.4 Å². The highest BCUT2D eigenvalue weighted by molar-refractivity contribution is 7.89. The highest BCUT2D eigenvalue weighted by Crippen LogP contribution is 2.30. The van der Waals surface area contributed by atoms with Gasteiger partial charge in [-0.3, -0.25) is 0 Å². The lowest BCUT2D eigenvalue weighted by Gasteiger charge is -2.31. The first-order chi connectivity index (χ1) is 8.94. The fourth-order valence-electron chi connectivity index (χ4n) is 2.23. The highest BCUT2D eigenvalue weighted by Gasteiger charge is 2.29. The first-order valence-electron chi connectivity index (χ1n) is 6.45. The van der Waals surface area contributed by atoms with Gasteiger partial charge in [0, 0.05) is 12.6 Å². The second-order valence-corrected chi connectivity index (χ2v) is 6.75. The van der Waals surface area contributed by atoms with Crippen molar-refractivity contribution in [2.24, 2.45) is 11.7 Å². The molecule has 1 aliphatic carbocycles. The maximum Gasteiger partial charge on any atom is 0.243 e. The van der Waals surface area contributed by atoms with Crippen molar-refractivity contribution in [3.8, 4) is 0 Å². The molecule has 0 radical (unpaired) electrons. The van der Waals surface area contributed by atoms with Crippen molar-refractivity contribution in [3.63, 3.8) is 0 Å². The Morgan fingerprint density at radius 1 is 1.47 bits per heavy atom. The van der Waals surface area contributed by atoms with Gasteiger partial charge < -0.3 is 5.73 Å². The van der Waals surface area contributed by atoms with Gasteiger partial charge in [0.2, 0.25) is 10.0 Å². The molecular formula is C13H19FN2O2S. The second kappa shape index (κ2) is 5.56. The van der Waals surface area contributed by atoms with E-state index in [-0.39, 0.29) is 17.5 Å². The van der Waals surface area contributed by atoms with Gasteiger partial charge in [0.25, 0.3) is 0 Å². The van der Waals surface area contributed by atoms with Crippen molar-refractivity contribution in [2.75, 3.05) is 0 Å². The second-order valence-electron chi connectivity index (χ2n) is 5.07. The third-order valence-corrected chi connectivity index (χ3v) is 5.31. The van der Waals surface area contributed by atoms with Crippen LogP contribution < -0.4 is 10.5 Å². The first-order valence-corrected chi connectivity index (χ1v) is 7.93. The van der Waals surface area contributed by atoms with E-state index in [1.54, 1.807) is 0 Å². The van der Waals surface area contributed by atoms with Gasteiger partial charge in [0.05, 0.1) is 0 Å². The molecular weight excluding hydrogens is 267 g/mol. The monoisotopic (exact) mass is 286 g/mol. The average Bonchev–Trinajstić information content (AvgIpc) is 2.24. The minimum atomic E-state index is -3.80. The maximum atomic E-state index is 13.8. The van der Waals surface area contributed by atoms with E-state index in [0.717, 1.165) is 19.3 Å². The summed E-state index contributed by atoms with van der Waals surface area (Å²) < 4.78 is 40.6. The summed E-state index contributed by atoms with van der Waals surface area (Å²) in [4.78, 5) is -0.309. The third-order valence-electron chi connectivity index (χ3n) is 3.72. The molecule has 1 fully saturated rings.